The van der Waals surface area contributed by atoms with Gasteiger partial charge in [-0.3, -0.25) is 4.99 Å². The van der Waals surface area contributed by atoms with Gasteiger partial charge in [-0.05, 0) is 72.5 Å². The molecule has 162 valence electrons. The number of fused-ring (bicyclic) bond motifs is 7. The molecule has 1 heterocycles. The number of hydrogen-bond donors (Lipinski definition) is 0. The van der Waals surface area contributed by atoms with Gasteiger partial charge in [-0.2, -0.15) is 0 Å². The molecular weight excluding hydrogens is 422 g/mol. The molecule has 0 fully saturated rings. The average Bonchev–Trinajstić information content (AvgIpc) is 3.58. The Bertz CT molecular complexity index is 1780. The Morgan fingerprint density at radius 3 is 1.91 bits per heavy atom. The van der Waals surface area contributed by atoms with Crippen molar-refractivity contribution in [3.05, 3.63) is 155 Å². The molecule has 4 aliphatic rings. The Hall–Kier alpha value is -4.49. The highest BCUT2D eigenvalue weighted by Crippen LogP contribution is 2.60. The van der Waals surface area contributed by atoms with Crippen LogP contribution in [0.3, 0.4) is 0 Å². The average molecular weight is 444 g/mol. The first-order valence-electron chi connectivity index (χ1n) is 12.2. The standard InChI is InChI=1S/C34H21N/c1-2-12-22-21(10-1)11-9-18-24(22)31-25-14-3-5-16-27(25)34-32(26-15-4-6-17-28(26)33(31)34)29-20-35-30-19-8-7-13-23(29)30/h1-20,23H. The van der Waals surface area contributed by atoms with Crippen LogP contribution in [0.2, 0.25) is 0 Å². The molecule has 0 aromatic heterocycles. The maximum absolute atomic E-state index is 4.81. The lowest BCUT2D eigenvalue weighted by atomic mass is 9.84. The molecule has 0 bridgehead atoms. The fraction of sp³-hybridized carbons (Fsp3) is 0.0294. The lowest BCUT2D eigenvalue weighted by Gasteiger charge is -2.18. The third kappa shape index (κ3) is 2.50. The second-order valence-corrected chi connectivity index (χ2v) is 9.48. The van der Waals surface area contributed by atoms with Crippen molar-refractivity contribution in [2.45, 2.75) is 0 Å². The Balaban J connectivity index is 1.49. The second kappa shape index (κ2) is 7.01. The summed E-state index contributed by atoms with van der Waals surface area (Å²) < 4.78 is 0. The van der Waals surface area contributed by atoms with Crippen molar-refractivity contribution in [2.75, 3.05) is 0 Å². The van der Waals surface area contributed by atoms with E-state index < -0.39 is 0 Å². The van der Waals surface area contributed by atoms with Gasteiger partial charge in [0.25, 0.3) is 0 Å². The smallest absolute Gasteiger partial charge is 0.0517 e. The highest BCUT2D eigenvalue weighted by atomic mass is 14.8. The van der Waals surface area contributed by atoms with E-state index in [1.54, 1.807) is 0 Å². The van der Waals surface area contributed by atoms with Crippen molar-refractivity contribution in [3.63, 3.8) is 0 Å². The highest BCUT2D eigenvalue weighted by Gasteiger charge is 2.40. The van der Waals surface area contributed by atoms with E-state index in [9.17, 15) is 0 Å². The van der Waals surface area contributed by atoms with Crippen LogP contribution < -0.4 is 0 Å². The largest absolute Gasteiger partial charge is 0.260 e. The Morgan fingerprint density at radius 1 is 0.514 bits per heavy atom. The summed E-state index contributed by atoms with van der Waals surface area (Å²) in [5.74, 6) is 0.212. The molecule has 0 N–H and O–H groups in total. The van der Waals surface area contributed by atoms with Gasteiger partial charge in [0.15, 0.2) is 0 Å². The molecule has 3 aliphatic carbocycles. The summed E-state index contributed by atoms with van der Waals surface area (Å²) in [6.07, 6.45) is 10.8. The number of aliphatic imine (C=N–C) groups is 1. The van der Waals surface area contributed by atoms with E-state index in [4.69, 9.17) is 4.99 Å². The van der Waals surface area contributed by atoms with Gasteiger partial charge in [0.1, 0.15) is 0 Å². The first kappa shape index (κ1) is 18.9. The molecule has 4 aromatic carbocycles. The molecule has 1 heteroatoms. The fourth-order valence-corrected chi connectivity index (χ4v) is 6.28. The summed E-state index contributed by atoms with van der Waals surface area (Å²) in [4.78, 5) is 4.81. The summed E-state index contributed by atoms with van der Waals surface area (Å²) >= 11 is 0. The summed E-state index contributed by atoms with van der Waals surface area (Å²) in [5, 5.41) is 2.57. The molecule has 8 rings (SSSR count). The van der Waals surface area contributed by atoms with Crippen LogP contribution in [0.1, 0.15) is 27.8 Å². The van der Waals surface area contributed by atoms with E-state index in [2.05, 4.69) is 121 Å². The SMILES string of the molecule is C1=CC2=NC=C(C3=C4C(=C(c5cccc6ccccc56)c5ccccc54)c4ccccc43)C2C=C1. The Kier molecular flexibility index (Phi) is 3.78. The molecule has 0 amide bonds. The van der Waals surface area contributed by atoms with E-state index in [1.807, 2.05) is 0 Å². The molecule has 1 atom stereocenters. The van der Waals surface area contributed by atoms with Crippen molar-refractivity contribution in [1.29, 1.82) is 0 Å². The zero-order valence-corrected chi connectivity index (χ0v) is 19.1. The van der Waals surface area contributed by atoms with E-state index >= 15 is 0 Å². The van der Waals surface area contributed by atoms with Crippen LogP contribution in [0.4, 0.5) is 0 Å². The van der Waals surface area contributed by atoms with E-state index in [0.29, 0.717) is 0 Å². The number of benzene rings is 4. The van der Waals surface area contributed by atoms with Gasteiger partial charge in [0.2, 0.25) is 0 Å². The van der Waals surface area contributed by atoms with E-state index in [1.165, 1.54) is 66.5 Å². The van der Waals surface area contributed by atoms with Gasteiger partial charge in [0, 0.05) is 12.1 Å². The molecule has 35 heavy (non-hydrogen) atoms. The topological polar surface area (TPSA) is 12.4 Å². The predicted octanol–water partition coefficient (Wildman–Crippen LogP) is 8.12. The molecule has 1 aliphatic heterocycles. The number of rotatable bonds is 2. The van der Waals surface area contributed by atoms with Crippen LogP contribution >= 0.6 is 0 Å². The normalized spacial score (nSPS) is 19.0. The van der Waals surface area contributed by atoms with E-state index in [0.717, 1.165) is 5.71 Å². The highest BCUT2D eigenvalue weighted by molar-refractivity contribution is 6.36. The van der Waals surface area contributed by atoms with Gasteiger partial charge in [0.05, 0.1) is 5.71 Å². The number of allylic oxidation sites excluding steroid dienone is 8. The zero-order chi connectivity index (χ0) is 22.9. The quantitative estimate of drug-likeness (QED) is 0.297. The minimum absolute atomic E-state index is 0.212. The Morgan fingerprint density at radius 2 is 1.11 bits per heavy atom. The number of hydrogen-bond acceptors (Lipinski definition) is 1. The van der Waals surface area contributed by atoms with Crippen molar-refractivity contribution >= 4 is 38.8 Å². The molecule has 0 saturated heterocycles. The van der Waals surface area contributed by atoms with Crippen LogP contribution in [0.15, 0.2) is 132 Å². The maximum atomic E-state index is 4.81. The zero-order valence-electron chi connectivity index (χ0n) is 19.1. The van der Waals surface area contributed by atoms with Crippen molar-refractivity contribution in [2.24, 2.45) is 10.9 Å². The third-order valence-electron chi connectivity index (χ3n) is 7.72. The summed E-state index contributed by atoms with van der Waals surface area (Å²) in [6, 6.07) is 33.3. The van der Waals surface area contributed by atoms with Crippen molar-refractivity contribution in [3.8, 4) is 0 Å². The minimum Gasteiger partial charge on any atom is -0.260 e. The van der Waals surface area contributed by atoms with Crippen LogP contribution in [0, 0.1) is 5.92 Å². The summed E-state index contributed by atoms with van der Waals surface area (Å²) in [6.45, 7) is 0. The first-order valence-corrected chi connectivity index (χ1v) is 12.2. The summed E-state index contributed by atoms with van der Waals surface area (Å²) in [7, 11) is 0. The van der Waals surface area contributed by atoms with Gasteiger partial charge in [-0.25, -0.2) is 0 Å². The lowest BCUT2D eigenvalue weighted by Crippen LogP contribution is -2.11. The summed E-state index contributed by atoms with van der Waals surface area (Å²) in [5.41, 5.74) is 14.4. The molecule has 0 saturated carbocycles. The lowest BCUT2D eigenvalue weighted by molar-refractivity contribution is 1.10. The molecule has 0 spiro atoms. The van der Waals surface area contributed by atoms with Crippen molar-refractivity contribution in [1.82, 2.24) is 0 Å². The first-order chi connectivity index (χ1) is 17.4. The second-order valence-electron chi connectivity index (χ2n) is 9.48. The molecule has 1 unspecified atom stereocenters. The monoisotopic (exact) mass is 443 g/mol. The fourth-order valence-electron chi connectivity index (χ4n) is 6.28. The van der Waals surface area contributed by atoms with Gasteiger partial charge >= 0.3 is 0 Å². The van der Waals surface area contributed by atoms with Crippen LogP contribution in [0.5, 0.6) is 0 Å². The Labute approximate surface area is 204 Å². The molecule has 0 radical (unpaired) electrons. The number of nitrogens with zero attached hydrogens (tertiary/aromatic N) is 1. The van der Waals surface area contributed by atoms with Crippen LogP contribution in [-0.4, -0.2) is 5.71 Å². The van der Waals surface area contributed by atoms with Crippen LogP contribution in [0.25, 0.3) is 33.1 Å². The van der Waals surface area contributed by atoms with Crippen molar-refractivity contribution < 1.29 is 0 Å². The predicted molar refractivity (Wildman–Crippen MR) is 147 cm³/mol. The van der Waals surface area contributed by atoms with Gasteiger partial charge in [-0.1, -0.05) is 109 Å². The minimum atomic E-state index is 0.212. The molecular formula is C34H21N. The molecule has 1 nitrogen and oxygen atoms in total. The third-order valence-corrected chi connectivity index (χ3v) is 7.72. The van der Waals surface area contributed by atoms with E-state index in [-0.39, 0.29) is 5.92 Å². The maximum Gasteiger partial charge on any atom is 0.0517 e. The van der Waals surface area contributed by atoms with Gasteiger partial charge < -0.3 is 0 Å². The molecule has 4 aromatic rings. The van der Waals surface area contributed by atoms with Crippen LogP contribution in [-0.2, 0) is 0 Å². The van der Waals surface area contributed by atoms with Gasteiger partial charge in [-0.15, -0.1) is 0 Å².